The van der Waals surface area contributed by atoms with Crippen molar-refractivity contribution in [3.05, 3.63) is 36.0 Å². The van der Waals surface area contributed by atoms with Gasteiger partial charge in [0.1, 0.15) is 0 Å². The molecule has 14 heavy (non-hydrogen) atoms. The molecule has 0 amide bonds. The molecule has 1 aromatic carbocycles. The average molecular weight is 188 g/mol. The van der Waals surface area contributed by atoms with Crippen LogP contribution >= 0.6 is 0 Å². The number of hydrogen-bond acceptors (Lipinski definition) is 1. The van der Waals surface area contributed by atoms with Crippen LogP contribution in [0.4, 0.5) is 0 Å². The van der Waals surface area contributed by atoms with Gasteiger partial charge in [-0.15, -0.1) is 0 Å². The molecule has 2 heteroatoms. The third kappa shape index (κ3) is 1.66. The Hall–Kier alpha value is -1.28. The summed E-state index contributed by atoms with van der Waals surface area (Å²) < 4.78 is 2.16. The first-order chi connectivity index (χ1) is 6.81. The summed E-state index contributed by atoms with van der Waals surface area (Å²) in [5, 5.41) is 4.64. The van der Waals surface area contributed by atoms with Crippen LogP contribution in [0, 0.1) is 0 Å². The van der Waals surface area contributed by atoms with Crippen LogP contribution in [0.15, 0.2) is 30.5 Å². The maximum absolute atomic E-state index is 3.33. The molecule has 2 nitrogen and oxygen atoms in total. The number of rotatable bonds is 3. The van der Waals surface area contributed by atoms with Crippen molar-refractivity contribution in [2.24, 2.45) is 7.05 Å². The maximum Gasteiger partial charge on any atom is 0.0480 e. The molecule has 0 aliphatic heterocycles. The Kier molecular flexibility index (Phi) is 2.55. The van der Waals surface area contributed by atoms with Crippen molar-refractivity contribution >= 4 is 10.9 Å². The topological polar surface area (TPSA) is 17.0 Å². The zero-order valence-corrected chi connectivity index (χ0v) is 8.75. The fourth-order valence-electron chi connectivity index (χ4n) is 1.69. The van der Waals surface area contributed by atoms with E-state index in [1.165, 1.54) is 16.5 Å². The first-order valence-electron chi connectivity index (χ1n) is 5.06. The van der Waals surface area contributed by atoms with Crippen LogP contribution in [0.25, 0.3) is 10.9 Å². The van der Waals surface area contributed by atoms with E-state index in [2.05, 4.69) is 54.3 Å². The number of aromatic nitrogens is 1. The van der Waals surface area contributed by atoms with Gasteiger partial charge in [0.05, 0.1) is 0 Å². The van der Waals surface area contributed by atoms with E-state index in [1.54, 1.807) is 0 Å². The number of benzene rings is 1. The van der Waals surface area contributed by atoms with Crippen molar-refractivity contribution < 1.29 is 0 Å². The molecular weight excluding hydrogens is 172 g/mol. The zero-order valence-electron chi connectivity index (χ0n) is 8.75. The standard InChI is InChI=1S/C12H16N2/c1-3-13-9-10-4-5-11-6-7-14(2)12(11)8-10/h4-8,13H,3,9H2,1-2H3. The summed E-state index contributed by atoms with van der Waals surface area (Å²) in [6.07, 6.45) is 2.10. The van der Waals surface area contributed by atoms with Gasteiger partial charge in [0, 0.05) is 25.3 Å². The molecule has 0 bridgehead atoms. The van der Waals surface area contributed by atoms with E-state index < -0.39 is 0 Å². The van der Waals surface area contributed by atoms with Gasteiger partial charge in [-0.1, -0.05) is 19.1 Å². The Morgan fingerprint density at radius 2 is 2.14 bits per heavy atom. The van der Waals surface area contributed by atoms with Crippen LogP contribution in [0.1, 0.15) is 12.5 Å². The lowest BCUT2D eigenvalue weighted by molar-refractivity contribution is 0.727. The Morgan fingerprint density at radius 1 is 1.29 bits per heavy atom. The third-order valence-corrected chi connectivity index (χ3v) is 2.53. The fraction of sp³-hybridized carbons (Fsp3) is 0.333. The molecule has 74 valence electrons. The van der Waals surface area contributed by atoms with E-state index in [0.29, 0.717) is 0 Å². The highest BCUT2D eigenvalue weighted by Crippen LogP contribution is 2.16. The Bertz CT molecular complexity index is 429. The van der Waals surface area contributed by atoms with Gasteiger partial charge in [0.15, 0.2) is 0 Å². The minimum atomic E-state index is 0.956. The van der Waals surface area contributed by atoms with Gasteiger partial charge in [0.25, 0.3) is 0 Å². The molecule has 1 aromatic heterocycles. The molecule has 0 spiro atoms. The molecule has 0 saturated carbocycles. The van der Waals surface area contributed by atoms with Crippen LogP contribution in [0.2, 0.25) is 0 Å². The van der Waals surface area contributed by atoms with Crippen LogP contribution in [0.5, 0.6) is 0 Å². The molecule has 1 N–H and O–H groups in total. The molecule has 0 saturated heterocycles. The van der Waals surface area contributed by atoms with Crippen LogP contribution in [-0.4, -0.2) is 11.1 Å². The largest absolute Gasteiger partial charge is 0.351 e. The highest BCUT2D eigenvalue weighted by molar-refractivity contribution is 5.80. The van der Waals surface area contributed by atoms with Crippen molar-refractivity contribution in [2.75, 3.05) is 6.54 Å². The van der Waals surface area contributed by atoms with E-state index >= 15 is 0 Å². The SMILES string of the molecule is CCNCc1ccc2ccn(C)c2c1. The van der Waals surface area contributed by atoms with Crippen LogP contribution in [-0.2, 0) is 13.6 Å². The van der Waals surface area contributed by atoms with Gasteiger partial charge in [-0.05, 0) is 29.6 Å². The summed E-state index contributed by atoms with van der Waals surface area (Å²) in [6, 6.07) is 8.76. The van der Waals surface area contributed by atoms with E-state index in [0.717, 1.165) is 13.1 Å². The number of hydrogen-bond donors (Lipinski definition) is 1. The summed E-state index contributed by atoms with van der Waals surface area (Å²) >= 11 is 0. The van der Waals surface area contributed by atoms with Gasteiger partial charge in [-0.3, -0.25) is 0 Å². The molecule has 0 unspecified atom stereocenters. The molecular formula is C12H16N2. The normalized spacial score (nSPS) is 11.0. The minimum Gasteiger partial charge on any atom is -0.351 e. The van der Waals surface area contributed by atoms with Crippen LogP contribution in [0.3, 0.4) is 0 Å². The summed E-state index contributed by atoms with van der Waals surface area (Å²) in [7, 11) is 2.08. The maximum atomic E-state index is 3.33. The first kappa shape index (κ1) is 9.28. The number of nitrogens with zero attached hydrogens (tertiary/aromatic N) is 1. The lowest BCUT2D eigenvalue weighted by Gasteiger charge is -2.03. The van der Waals surface area contributed by atoms with Crippen LogP contribution < -0.4 is 5.32 Å². The van der Waals surface area contributed by atoms with E-state index in [-0.39, 0.29) is 0 Å². The minimum absolute atomic E-state index is 0.956. The van der Waals surface area contributed by atoms with Crippen molar-refractivity contribution in [1.82, 2.24) is 9.88 Å². The molecule has 2 rings (SSSR count). The van der Waals surface area contributed by atoms with Gasteiger partial charge in [-0.25, -0.2) is 0 Å². The molecule has 1 heterocycles. The molecule has 0 fully saturated rings. The smallest absolute Gasteiger partial charge is 0.0480 e. The average Bonchev–Trinajstić information content (AvgIpc) is 2.57. The van der Waals surface area contributed by atoms with Gasteiger partial charge in [-0.2, -0.15) is 0 Å². The molecule has 0 aliphatic rings. The predicted octanol–water partition coefficient (Wildman–Crippen LogP) is 2.29. The Morgan fingerprint density at radius 3 is 2.93 bits per heavy atom. The second kappa shape index (κ2) is 3.84. The molecule has 2 aromatic rings. The lowest BCUT2D eigenvalue weighted by atomic mass is 10.1. The van der Waals surface area contributed by atoms with Gasteiger partial charge >= 0.3 is 0 Å². The molecule has 0 aliphatic carbocycles. The summed E-state index contributed by atoms with van der Waals surface area (Å²) in [4.78, 5) is 0. The Balaban J connectivity index is 2.34. The highest BCUT2D eigenvalue weighted by Gasteiger charge is 1.98. The second-order valence-corrected chi connectivity index (χ2v) is 3.60. The summed E-state index contributed by atoms with van der Waals surface area (Å²) in [5.41, 5.74) is 2.65. The lowest BCUT2D eigenvalue weighted by Crippen LogP contribution is -2.11. The van der Waals surface area contributed by atoms with Gasteiger partial charge in [0.2, 0.25) is 0 Å². The van der Waals surface area contributed by atoms with E-state index in [9.17, 15) is 0 Å². The fourth-order valence-corrected chi connectivity index (χ4v) is 1.69. The summed E-state index contributed by atoms with van der Waals surface area (Å²) in [5.74, 6) is 0. The number of aryl methyl sites for hydroxylation is 1. The number of nitrogens with one attached hydrogen (secondary N) is 1. The van der Waals surface area contributed by atoms with E-state index in [4.69, 9.17) is 0 Å². The number of fused-ring (bicyclic) bond motifs is 1. The predicted molar refractivity (Wildman–Crippen MR) is 60.3 cm³/mol. The zero-order chi connectivity index (χ0) is 9.97. The van der Waals surface area contributed by atoms with Gasteiger partial charge < -0.3 is 9.88 Å². The van der Waals surface area contributed by atoms with Crippen molar-refractivity contribution in [3.8, 4) is 0 Å². The quantitative estimate of drug-likeness (QED) is 0.782. The van der Waals surface area contributed by atoms with Crippen molar-refractivity contribution in [1.29, 1.82) is 0 Å². The Labute approximate surface area is 84.5 Å². The van der Waals surface area contributed by atoms with Crippen molar-refractivity contribution in [2.45, 2.75) is 13.5 Å². The third-order valence-electron chi connectivity index (χ3n) is 2.53. The van der Waals surface area contributed by atoms with E-state index in [1.807, 2.05) is 0 Å². The second-order valence-electron chi connectivity index (χ2n) is 3.60. The first-order valence-corrected chi connectivity index (χ1v) is 5.06. The monoisotopic (exact) mass is 188 g/mol. The molecule has 0 atom stereocenters. The molecule has 0 radical (unpaired) electrons. The summed E-state index contributed by atoms with van der Waals surface area (Å²) in [6.45, 7) is 4.10. The highest BCUT2D eigenvalue weighted by atomic mass is 14.9. The van der Waals surface area contributed by atoms with Crippen molar-refractivity contribution in [3.63, 3.8) is 0 Å².